The molecule has 21 heavy (non-hydrogen) atoms. The maximum atomic E-state index is 11.9. The molecule has 0 aliphatic rings. The number of pyridine rings is 1. The van der Waals surface area contributed by atoms with E-state index in [-0.39, 0.29) is 5.91 Å². The Morgan fingerprint density at radius 2 is 2.19 bits per heavy atom. The second-order valence-corrected chi connectivity index (χ2v) is 5.11. The summed E-state index contributed by atoms with van der Waals surface area (Å²) < 4.78 is 0. The van der Waals surface area contributed by atoms with Gasteiger partial charge in [-0.3, -0.25) is 9.78 Å². The predicted octanol–water partition coefficient (Wildman–Crippen LogP) is 1.87. The number of nitrogens with zero attached hydrogens (tertiary/aromatic N) is 3. The van der Waals surface area contributed by atoms with Crippen LogP contribution >= 0.6 is 0 Å². The van der Waals surface area contributed by atoms with Gasteiger partial charge in [0.2, 0.25) is 0 Å². The van der Waals surface area contributed by atoms with E-state index in [1.165, 1.54) is 6.33 Å². The summed E-state index contributed by atoms with van der Waals surface area (Å²) in [4.78, 5) is 24.1. The SMILES string of the molecule is CC(C)CNC(=O)c1cc(NCc2cccnc2)ncn1. The highest BCUT2D eigenvalue weighted by molar-refractivity contribution is 5.92. The van der Waals surface area contributed by atoms with Crippen molar-refractivity contribution in [1.29, 1.82) is 0 Å². The van der Waals surface area contributed by atoms with Crippen LogP contribution in [0.25, 0.3) is 0 Å². The summed E-state index contributed by atoms with van der Waals surface area (Å²) in [6.45, 7) is 5.31. The molecule has 0 atom stereocenters. The third kappa shape index (κ3) is 4.83. The summed E-state index contributed by atoms with van der Waals surface area (Å²) in [5.41, 5.74) is 1.40. The van der Waals surface area contributed by atoms with Gasteiger partial charge in [0.15, 0.2) is 0 Å². The van der Waals surface area contributed by atoms with Crippen molar-refractivity contribution >= 4 is 11.7 Å². The highest BCUT2D eigenvalue weighted by Gasteiger charge is 2.08. The van der Waals surface area contributed by atoms with Crippen LogP contribution in [-0.2, 0) is 6.54 Å². The molecule has 6 nitrogen and oxygen atoms in total. The van der Waals surface area contributed by atoms with Gasteiger partial charge in [0.25, 0.3) is 5.91 Å². The van der Waals surface area contributed by atoms with Crippen molar-refractivity contribution in [2.24, 2.45) is 5.92 Å². The lowest BCUT2D eigenvalue weighted by Gasteiger charge is -2.08. The number of nitrogens with one attached hydrogen (secondary N) is 2. The molecule has 0 aliphatic heterocycles. The lowest BCUT2D eigenvalue weighted by Crippen LogP contribution is -2.28. The van der Waals surface area contributed by atoms with Crippen LogP contribution in [0.15, 0.2) is 36.9 Å². The van der Waals surface area contributed by atoms with E-state index in [1.54, 1.807) is 18.5 Å². The maximum absolute atomic E-state index is 11.9. The third-order valence-corrected chi connectivity index (χ3v) is 2.77. The molecule has 0 bridgehead atoms. The normalized spacial score (nSPS) is 10.4. The van der Waals surface area contributed by atoms with Crippen LogP contribution in [-0.4, -0.2) is 27.4 Å². The fourth-order valence-electron chi connectivity index (χ4n) is 1.66. The van der Waals surface area contributed by atoms with Crippen molar-refractivity contribution in [1.82, 2.24) is 20.3 Å². The first-order valence-electron chi connectivity index (χ1n) is 6.88. The van der Waals surface area contributed by atoms with Crippen molar-refractivity contribution in [3.63, 3.8) is 0 Å². The molecule has 0 saturated carbocycles. The van der Waals surface area contributed by atoms with Crippen LogP contribution in [0.4, 0.5) is 5.82 Å². The van der Waals surface area contributed by atoms with Crippen LogP contribution in [0.1, 0.15) is 29.9 Å². The molecule has 0 saturated heterocycles. The Bertz CT molecular complexity index is 586. The summed E-state index contributed by atoms with van der Waals surface area (Å²) >= 11 is 0. The number of anilines is 1. The van der Waals surface area contributed by atoms with Gasteiger partial charge in [0.1, 0.15) is 17.8 Å². The minimum absolute atomic E-state index is 0.185. The van der Waals surface area contributed by atoms with E-state index in [4.69, 9.17) is 0 Å². The van der Waals surface area contributed by atoms with Gasteiger partial charge in [-0.15, -0.1) is 0 Å². The van der Waals surface area contributed by atoms with Gasteiger partial charge in [-0.2, -0.15) is 0 Å². The van der Waals surface area contributed by atoms with Crippen molar-refractivity contribution in [2.75, 3.05) is 11.9 Å². The molecular formula is C15H19N5O. The first kappa shape index (κ1) is 14.9. The molecule has 2 aromatic rings. The van der Waals surface area contributed by atoms with Crippen molar-refractivity contribution in [2.45, 2.75) is 20.4 Å². The number of rotatable bonds is 6. The van der Waals surface area contributed by atoms with Gasteiger partial charge in [0, 0.05) is 31.5 Å². The first-order valence-corrected chi connectivity index (χ1v) is 6.88. The van der Waals surface area contributed by atoms with Crippen LogP contribution < -0.4 is 10.6 Å². The van der Waals surface area contributed by atoms with Gasteiger partial charge >= 0.3 is 0 Å². The zero-order chi connectivity index (χ0) is 15.1. The van der Waals surface area contributed by atoms with Crippen molar-refractivity contribution in [3.8, 4) is 0 Å². The topological polar surface area (TPSA) is 79.8 Å². The molecule has 2 heterocycles. The molecule has 0 unspecified atom stereocenters. The van der Waals surface area contributed by atoms with E-state index in [1.807, 2.05) is 26.0 Å². The standard InChI is InChI=1S/C15H19N5O/c1-11(2)7-18-15(21)13-6-14(20-10-19-13)17-9-12-4-3-5-16-8-12/h3-6,8,10-11H,7,9H2,1-2H3,(H,18,21)(H,17,19,20). The monoisotopic (exact) mass is 285 g/mol. The molecular weight excluding hydrogens is 266 g/mol. The van der Waals surface area contributed by atoms with Gasteiger partial charge < -0.3 is 10.6 Å². The average Bonchev–Trinajstić information content (AvgIpc) is 2.52. The summed E-state index contributed by atoms with van der Waals surface area (Å²) in [7, 11) is 0. The van der Waals surface area contributed by atoms with E-state index < -0.39 is 0 Å². The highest BCUT2D eigenvalue weighted by atomic mass is 16.1. The van der Waals surface area contributed by atoms with Crippen molar-refractivity contribution < 1.29 is 4.79 Å². The van der Waals surface area contributed by atoms with E-state index in [9.17, 15) is 4.79 Å². The number of hydrogen-bond donors (Lipinski definition) is 2. The number of carbonyl (C=O) groups excluding carboxylic acids is 1. The zero-order valence-electron chi connectivity index (χ0n) is 12.2. The lowest BCUT2D eigenvalue weighted by molar-refractivity contribution is 0.0944. The Balaban J connectivity index is 1.96. The second-order valence-electron chi connectivity index (χ2n) is 5.11. The average molecular weight is 285 g/mol. The predicted molar refractivity (Wildman–Crippen MR) is 80.8 cm³/mol. The molecule has 0 aromatic carbocycles. The summed E-state index contributed by atoms with van der Waals surface area (Å²) in [5.74, 6) is 0.832. The van der Waals surface area contributed by atoms with Gasteiger partial charge in [-0.25, -0.2) is 9.97 Å². The summed E-state index contributed by atoms with van der Waals surface area (Å²) in [6.07, 6.45) is 4.89. The highest BCUT2D eigenvalue weighted by Crippen LogP contribution is 2.06. The fraction of sp³-hybridized carbons (Fsp3) is 0.333. The summed E-state index contributed by atoms with van der Waals surface area (Å²) in [6, 6.07) is 5.49. The molecule has 0 spiro atoms. The van der Waals surface area contributed by atoms with Gasteiger partial charge in [-0.05, 0) is 17.5 Å². The number of amides is 1. The first-order chi connectivity index (χ1) is 10.1. The fourth-order valence-corrected chi connectivity index (χ4v) is 1.66. The largest absolute Gasteiger partial charge is 0.366 e. The Labute approximate surface area is 124 Å². The van der Waals surface area contributed by atoms with E-state index in [2.05, 4.69) is 25.6 Å². The molecule has 2 aromatic heterocycles. The minimum Gasteiger partial charge on any atom is -0.366 e. The van der Waals surface area contributed by atoms with Crippen LogP contribution in [0.5, 0.6) is 0 Å². The Kier molecular flexibility index (Phi) is 5.20. The Hall–Kier alpha value is -2.50. The molecule has 2 N–H and O–H groups in total. The van der Waals surface area contributed by atoms with E-state index >= 15 is 0 Å². The molecule has 0 fully saturated rings. The minimum atomic E-state index is -0.185. The second kappa shape index (κ2) is 7.33. The van der Waals surface area contributed by atoms with Crippen molar-refractivity contribution in [3.05, 3.63) is 48.2 Å². The molecule has 0 radical (unpaired) electrons. The smallest absolute Gasteiger partial charge is 0.270 e. The molecule has 6 heteroatoms. The Morgan fingerprint density at radius 3 is 2.90 bits per heavy atom. The quantitative estimate of drug-likeness (QED) is 0.847. The number of carbonyl (C=O) groups is 1. The number of aromatic nitrogens is 3. The molecule has 0 aliphatic carbocycles. The van der Waals surface area contributed by atoms with E-state index in [0.717, 1.165) is 5.56 Å². The molecule has 110 valence electrons. The van der Waals surface area contributed by atoms with Crippen LogP contribution in [0.3, 0.4) is 0 Å². The summed E-state index contributed by atoms with van der Waals surface area (Å²) in [5, 5.41) is 5.98. The number of hydrogen-bond acceptors (Lipinski definition) is 5. The van der Waals surface area contributed by atoms with Crippen LogP contribution in [0.2, 0.25) is 0 Å². The van der Waals surface area contributed by atoms with E-state index in [0.29, 0.717) is 30.5 Å². The zero-order valence-corrected chi connectivity index (χ0v) is 12.2. The van der Waals surface area contributed by atoms with Gasteiger partial charge in [-0.1, -0.05) is 19.9 Å². The molecule has 1 amide bonds. The lowest BCUT2D eigenvalue weighted by atomic mass is 10.2. The third-order valence-electron chi connectivity index (χ3n) is 2.77. The Morgan fingerprint density at radius 1 is 1.33 bits per heavy atom. The molecule has 2 rings (SSSR count). The maximum Gasteiger partial charge on any atom is 0.270 e. The van der Waals surface area contributed by atoms with Gasteiger partial charge in [0.05, 0.1) is 0 Å². The van der Waals surface area contributed by atoms with Crippen LogP contribution in [0, 0.1) is 5.92 Å².